The molecule has 5 nitrogen and oxygen atoms in total. The van der Waals surface area contributed by atoms with Crippen LogP contribution in [-0.4, -0.2) is 53.1 Å². The van der Waals surface area contributed by atoms with Crippen LogP contribution in [0.4, 0.5) is 0 Å². The van der Waals surface area contributed by atoms with E-state index in [9.17, 15) is 15.0 Å². The lowest BCUT2D eigenvalue weighted by atomic mass is 9.96. The highest BCUT2D eigenvalue weighted by molar-refractivity contribution is 5.71. The molecule has 0 aliphatic carbocycles. The summed E-state index contributed by atoms with van der Waals surface area (Å²) in [5.74, 6) is 0.0826. The minimum Gasteiger partial charge on any atom is -0.462 e. The van der Waals surface area contributed by atoms with Gasteiger partial charge in [0.2, 0.25) is 0 Å². The Morgan fingerprint density at radius 3 is 2.60 bits per heavy atom. The molecule has 0 bridgehead atoms. The average molecular weight is 287 g/mol. The first kappa shape index (κ1) is 17.4. The van der Waals surface area contributed by atoms with Gasteiger partial charge in [-0.3, -0.25) is 9.69 Å². The van der Waals surface area contributed by atoms with E-state index >= 15 is 0 Å². The second-order valence-corrected chi connectivity index (χ2v) is 6.54. The second kappa shape index (κ2) is 7.38. The van der Waals surface area contributed by atoms with Gasteiger partial charge >= 0.3 is 5.97 Å². The van der Waals surface area contributed by atoms with E-state index in [2.05, 4.69) is 6.92 Å². The third-order valence-corrected chi connectivity index (χ3v) is 4.19. The predicted octanol–water partition coefficient (Wildman–Crippen LogP) is 1.38. The molecule has 2 N–H and O–H groups in total. The van der Waals surface area contributed by atoms with Crippen molar-refractivity contribution in [3.63, 3.8) is 0 Å². The third-order valence-electron chi connectivity index (χ3n) is 4.19. The van der Waals surface area contributed by atoms with Crippen molar-refractivity contribution in [2.75, 3.05) is 20.2 Å². The molecule has 0 aromatic carbocycles. The molecule has 1 aliphatic rings. The fraction of sp³-hybridized carbons (Fsp3) is 0.933. The van der Waals surface area contributed by atoms with Crippen LogP contribution in [0.2, 0.25) is 0 Å². The summed E-state index contributed by atoms with van der Waals surface area (Å²) in [5.41, 5.74) is -1.46. The van der Waals surface area contributed by atoms with Crippen LogP contribution in [0.1, 0.15) is 46.5 Å². The molecule has 0 saturated carbocycles. The maximum Gasteiger partial charge on any atom is 0.308 e. The zero-order valence-corrected chi connectivity index (χ0v) is 13.1. The molecule has 0 aromatic rings. The SMILES string of the molecule is CC1CCCC(C)C(=O)OC[C@@](C)(O)C(O)N(C)CC1. The topological polar surface area (TPSA) is 70.0 Å². The van der Waals surface area contributed by atoms with Gasteiger partial charge in [-0.2, -0.15) is 0 Å². The van der Waals surface area contributed by atoms with Gasteiger partial charge in [-0.25, -0.2) is 0 Å². The number of rotatable bonds is 0. The van der Waals surface area contributed by atoms with Gasteiger partial charge in [0.25, 0.3) is 0 Å². The second-order valence-electron chi connectivity index (χ2n) is 6.54. The van der Waals surface area contributed by atoms with Crippen LogP contribution in [0.3, 0.4) is 0 Å². The quantitative estimate of drug-likeness (QED) is 0.659. The summed E-state index contributed by atoms with van der Waals surface area (Å²) in [5, 5.41) is 20.5. The number of cyclic esters (lactones) is 1. The fourth-order valence-electron chi connectivity index (χ4n) is 2.49. The maximum absolute atomic E-state index is 11.8. The number of nitrogens with zero attached hydrogens (tertiary/aromatic N) is 1. The molecule has 118 valence electrons. The van der Waals surface area contributed by atoms with Gasteiger partial charge in [-0.15, -0.1) is 0 Å². The number of carbonyl (C=O) groups is 1. The van der Waals surface area contributed by atoms with Crippen molar-refractivity contribution in [3.8, 4) is 0 Å². The molecule has 1 heterocycles. The molecule has 4 atom stereocenters. The van der Waals surface area contributed by atoms with Crippen LogP contribution in [0.15, 0.2) is 0 Å². The number of aliphatic hydroxyl groups is 2. The Balaban J connectivity index is 2.76. The predicted molar refractivity (Wildman–Crippen MR) is 77.0 cm³/mol. The smallest absolute Gasteiger partial charge is 0.308 e. The van der Waals surface area contributed by atoms with Gasteiger partial charge in [-0.1, -0.05) is 26.7 Å². The zero-order valence-electron chi connectivity index (χ0n) is 13.1. The fourth-order valence-corrected chi connectivity index (χ4v) is 2.49. The van der Waals surface area contributed by atoms with Gasteiger partial charge < -0.3 is 14.9 Å². The Morgan fingerprint density at radius 1 is 1.30 bits per heavy atom. The Hall–Kier alpha value is -0.650. The van der Waals surface area contributed by atoms with Gasteiger partial charge in [-0.05, 0) is 32.7 Å². The molecule has 0 spiro atoms. The molecule has 20 heavy (non-hydrogen) atoms. The number of ether oxygens (including phenoxy) is 1. The molecule has 0 aromatic heterocycles. The third kappa shape index (κ3) is 5.04. The molecular weight excluding hydrogens is 258 g/mol. The number of esters is 1. The van der Waals surface area contributed by atoms with Crippen molar-refractivity contribution >= 4 is 5.97 Å². The van der Waals surface area contributed by atoms with Gasteiger partial charge in [0, 0.05) is 6.54 Å². The molecule has 1 saturated heterocycles. The summed E-state index contributed by atoms with van der Waals surface area (Å²) in [6.45, 7) is 6.05. The van der Waals surface area contributed by atoms with Gasteiger partial charge in [0.05, 0.1) is 5.92 Å². The molecule has 0 radical (unpaired) electrons. The summed E-state index contributed by atoms with van der Waals surface area (Å²) >= 11 is 0. The van der Waals surface area contributed by atoms with Crippen LogP contribution < -0.4 is 0 Å². The van der Waals surface area contributed by atoms with Gasteiger partial charge in [0.1, 0.15) is 18.4 Å². The first-order valence-electron chi connectivity index (χ1n) is 7.51. The summed E-state index contributed by atoms with van der Waals surface area (Å²) in [4.78, 5) is 13.6. The van der Waals surface area contributed by atoms with Crippen LogP contribution in [0.5, 0.6) is 0 Å². The number of hydrogen-bond acceptors (Lipinski definition) is 5. The maximum atomic E-state index is 11.8. The van der Waals surface area contributed by atoms with Crippen molar-refractivity contribution in [2.24, 2.45) is 11.8 Å². The van der Waals surface area contributed by atoms with Crippen molar-refractivity contribution in [2.45, 2.75) is 58.3 Å². The minimum atomic E-state index is -1.46. The average Bonchev–Trinajstić information content (AvgIpc) is 2.40. The summed E-state index contributed by atoms with van der Waals surface area (Å²) in [6, 6.07) is 0. The summed E-state index contributed by atoms with van der Waals surface area (Å²) in [7, 11) is 1.77. The lowest BCUT2D eigenvalue weighted by Crippen LogP contribution is -2.53. The normalized spacial score (nSPS) is 39.3. The number of carbonyl (C=O) groups excluding carboxylic acids is 1. The Labute approximate surface area is 121 Å². The number of hydrogen-bond donors (Lipinski definition) is 2. The van der Waals surface area contributed by atoms with Gasteiger partial charge in [0.15, 0.2) is 0 Å². The molecule has 3 unspecified atom stereocenters. The van der Waals surface area contributed by atoms with Crippen LogP contribution >= 0.6 is 0 Å². The van der Waals surface area contributed by atoms with E-state index in [1.807, 2.05) is 6.92 Å². The number of aliphatic hydroxyl groups excluding tert-OH is 1. The van der Waals surface area contributed by atoms with Crippen molar-refractivity contribution in [3.05, 3.63) is 0 Å². The molecule has 1 fully saturated rings. The van der Waals surface area contributed by atoms with E-state index in [1.54, 1.807) is 11.9 Å². The largest absolute Gasteiger partial charge is 0.462 e. The van der Waals surface area contributed by atoms with Crippen LogP contribution in [0, 0.1) is 11.8 Å². The van der Waals surface area contributed by atoms with Crippen LogP contribution in [-0.2, 0) is 9.53 Å². The molecule has 1 rings (SSSR count). The van der Waals surface area contributed by atoms with E-state index in [0.29, 0.717) is 12.5 Å². The summed E-state index contributed by atoms with van der Waals surface area (Å²) < 4.78 is 5.15. The Bertz CT molecular complexity index is 319. The van der Waals surface area contributed by atoms with E-state index in [-0.39, 0.29) is 18.5 Å². The highest BCUT2D eigenvalue weighted by Gasteiger charge is 2.35. The minimum absolute atomic E-state index is 0.159. The van der Waals surface area contributed by atoms with Crippen molar-refractivity contribution in [1.82, 2.24) is 4.90 Å². The van der Waals surface area contributed by atoms with E-state index in [0.717, 1.165) is 25.7 Å². The highest BCUT2D eigenvalue weighted by atomic mass is 16.5. The lowest BCUT2D eigenvalue weighted by Gasteiger charge is -2.35. The first-order valence-corrected chi connectivity index (χ1v) is 7.51. The van der Waals surface area contributed by atoms with Crippen molar-refractivity contribution in [1.29, 1.82) is 0 Å². The van der Waals surface area contributed by atoms with Crippen LogP contribution in [0.25, 0.3) is 0 Å². The lowest BCUT2D eigenvalue weighted by molar-refractivity contribution is -0.178. The van der Waals surface area contributed by atoms with Crippen molar-refractivity contribution < 1.29 is 19.7 Å². The first-order chi connectivity index (χ1) is 9.24. The Morgan fingerprint density at radius 2 is 1.95 bits per heavy atom. The molecular formula is C15H29NO4. The van der Waals surface area contributed by atoms with E-state index in [4.69, 9.17) is 4.74 Å². The van der Waals surface area contributed by atoms with E-state index in [1.165, 1.54) is 6.92 Å². The standard InChI is InChI=1S/C15H29NO4/c1-11-6-5-7-12(2)13(17)20-10-15(3,19)14(18)16(4)9-8-11/h11-12,14,18-19H,5-10H2,1-4H3/t11?,12?,14?,15-/m1/s1. The summed E-state index contributed by atoms with van der Waals surface area (Å²) in [6.07, 6.45) is 2.80. The molecule has 0 amide bonds. The Kier molecular flexibility index (Phi) is 6.43. The molecule has 1 aliphatic heterocycles. The number of likely N-dealkylation sites (N-methyl/N-ethyl adjacent to an activating group) is 1. The van der Waals surface area contributed by atoms with E-state index < -0.39 is 11.8 Å². The monoisotopic (exact) mass is 287 g/mol. The molecule has 5 heteroatoms. The highest BCUT2D eigenvalue weighted by Crippen LogP contribution is 2.21. The zero-order chi connectivity index (χ0) is 15.3.